The normalized spacial score (nSPS) is 24.5. The van der Waals surface area contributed by atoms with Gasteiger partial charge in [0, 0.05) is 24.4 Å². The first-order valence-electron chi connectivity index (χ1n) is 9.88. The molecule has 0 spiro atoms. The summed E-state index contributed by atoms with van der Waals surface area (Å²) in [5.74, 6) is 1.06. The van der Waals surface area contributed by atoms with Gasteiger partial charge in [0.25, 0.3) is 0 Å². The first kappa shape index (κ1) is 20.0. The highest BCUT2D eigenvalue weighted by Gasteiger charge is 2.24. The molecule has 1 saturated carbocycles. The molecule has 2 aliphatic rings. The second-order valence-corrected chi connectivity index (χ2v) is 7.65. The van der Waals surface area contributed by atoms with E-state index in [1.165, 1.54) is 32.1 Å². The van der Waals surface area contributed by atoms with Gasteiger partial charge in [0.2, 0.25) is 0 Å². The molecule has 2 nitrogen and oxygen atoms in total. The van der Waals surface area contributed by atoms with Gasteiger partial charge in [0.1, 0.15) is 0 Å². The summed E-state index contributed by atoms with van der Waals surface area (Å²) in [5, 5.41) is 6.34. The Morgan fingerprint density at radius 2 is 2.04 bits per heavy atom. The van der Waals surface area contributed by atoms with Crippen LogP contribution in [0.25, 0.3) is 0 Å². The predicted molar refractivity (Wildman–Crippen MR) is 106 cm³/mol. The maximum absolute atomic E-state index is 14.7. The van der Waals surface area contributed by atoms with Gasteiger partial charge in [-0.2, -0.15) is 0 Å². The molecule has 4 atom stereocenters. The largest absolute Gasteiger partial charge is 0.388 e. The third-order valence-corrected chi connectivity index (χ3v) is 5.64. The number of halogens is 1. The van der Waals surface area contributed by atoms with Crippen LogP contribution in [0, 0.1) is 11.8 Å². The predicted octanol–water partition coefficient (Wildman–Crippen LogP) is 5.41. The SMILES string of the molecule is C=CNC(CC(F)NC(C)C(=C)CC1CCCCC1)C1C=CC=CC1. The summed E-state index contributed by atoms with van der Waals surface area (Å²) in [6, 6.07) is 0.0723. The summed E-state index contributed by atoms with van der Waals surface area (Å²) < 4.78 is 14.7. The Bertz CT molecular complexity index is 476. The lowest BCUT2D eigenvalue weighted by molar-refractivity contribution is 0.208. The Hall–Kier alpha value is -1.35. The molecule has 0 amide bonds. The highest BCUT2D eigenvalue weighted by atomic mass is 19.1. The summed E-state index contributed by atoms with van der Waals surface area (Å²) in [7, 11) is 0. The van der Waals surface area contributed by atoms with Gasteiger partial charge in [-0.25, -0.2) is 4.39 Å². The molecule has 25 heavy (non-hydrogen) atoms. The molecule has 1 fully saturated rings. The molecular formula is C22H35FN2. The van der Waals surface area contributed by atoms with Crippen molar-refractivity contribution in [3.8, 4) is 0 Å². The molecule has 2 rings (SSSR count). The minimum absolute atomic E-state index is 0.0168. The maximum Gasteiger partial charge on any atom is 0.153 e. The van der Waals surface area contributed by atoms with Crippen molar-refractivity contribution in [3.05, 3.63) is 49.2 Å². The summed E-state index contributed by atoms with van der Waals surface area (Å²) in [4.78, 5) is 0. The van der Waals surface area contributed by atoms with Crippen LogP contribution < -0.4 is 10.6 Å². The number of allylic oxidation sites excluding steroid dienone is 3. The van der Waals surface area contributed by atoms with Gasteiger partial charge < -0.3 is 5.32 Å². The van der Waals surface area contributed by atoms with E-state index in [1.54, 1.807) is 6.20 Å². The molecule has 140 valence electrons. The van der Waals surface area contributed by atoms with Crippen molar-refractivity contribution in [3.63, 3.8) is 0 Å². The fourth-order valence-electron chi connectivity index (χ4n) is 4.03. The number of nitrogens with one attached hydrogen (secondary N) is 2. The third kappa shape index (κ3) is 6.81. The maximum atomic E-state index is 14.7. The molecule has 4 unspecified atom stereocenters. The van der Waals surface area contributed by atoms with E-state index < -0.39 is 6.30 Å². The van der Waals surface area contributed by atoms with Crippen molar-refractivity contribution in [1.29, 1.82) is 0 Å². The smallest absolute Gasteiger partial charge is 0.153 e. The lowest BCUT2D eigenvalue weighted by Crippen LogP contribution is -2.42. The molecule has 0 aromatic rings. The van der Waals surface area contributed by atoms with Crippen LogP contribution >= 0.6 is 0 Å². The molecule has 0 bridgehead atoms. The molecule has 0 radical (unpaired) electrons. The Morgan fingerprint density at radius 1 is 1.28 bits per heavy atom. The van der Waals surface area contributed by atoms with Gasteiger partial charge in [-0.05, 0) is 31.9 Å². The fraction of sp³-hybridized carbons (Fsp3) is 0.636. The molecule has 0 aliphatic heterocycles. The van der Waals surface area contributed by atoms with E-state index in [1.807, 2.05) is 19.1 Å². The van der Waals surface area contributed by atoms with Crippen LogP contribution in [0.5, 0.6) is 0 Å². The van der Waals surface area contributed by atoms with E-state index in [0.717, 1.165) is 24.3 Å². The van der Waals surface area contributed by atoms with Gasteiger partial charge in [-0.1, -0.05) is 75.1 Å². The average Bonchev–Trinajstić information content (AvgIpc) is 2.63. The van der Waals surface area contributed by atoms with E-state index in [-0.39, 0.29) is 12.1 Å². The molecule has 0 aromatic heterocycles. The monoisotopic (exact) mass is 346 g/mol. The van der Waals surface area contributed by atoms with Gasteiger partial charge in [-0.3, -0.25) is 5.32 Å². The standard InChI is InChI=1S/C22H35FN2/c1-4-24-21(20-13-9-6-10-14-20)16-22(23)25-18(3)17(2)15-19-11-7-5-8-12-19/h4,6,9-10,13,18-22,24-25H,1-2,5,7-8,11-12,14-16H2,3H3. The quantitative estimate of drug-likeness (QED) is 0.408. The zero-order chi connectivity index (χ0) is 18.1. The minimum Gasteiger partial charge on any atom is -0.388 e. The zero-order valence-corrected chi connectivity index (χ0v) is 15.7. The Morgan fingerprint density at radius 3 is 2.68 bits per heavy atom. The molecule has 2 aliphatic carbocycles. The van der Waals surface area contributed by atoms with E-state index in [4.69, 9.17) is 0 Å². The minimum atomic E-state index is -1.05. The summed E-state index contributed by atoms with van der Waals surface area (Å²) >= 11 is 0. The Balaban J connectivity index is 1.78. The fourth-order valence-corrected chi connectivity index (χ4v) is 4.03. The van der Waals surface area contributed by atoms with E-state index >= 15 is 0 Å². The summed E-state index contributed by atoms with van der Waals surface area (Å²) in [5.41, 5.74) is 1.14. The second-order valence-electron chi connectivity index (χ2n) is 7.65. The first-order valence-corrected chi connectivity index (χ1v) is 9.88. The van der Waals surface area contributed by atoms with Crippen LogP contribution in [0.15, 0.2) is 49.2 Å². The highest BCUT2D eigenvalue weighted by Crippen LogP contribution is 2.29. The van der Waals surface area contributed by atoms with E-state index in [0.29, 0.717) is 12.3 Å². The molecule has 3 heteroatoms. The third-order valence-electron chi connectivity index (χ3n) is 5.64. The second kappa shape index (κ2) is 10.6. The van der Waals surface area contributed by atoms with Crippen molar-refractivity contribution in [2.45, 2.75) is 76.7 Å². The molecule has 2 N–H and O–H groups in total. The van der Waals surface area contributed by atoms with Crippen molar-refractivity contribution in [2.24, 2.45) is 11.8 Å². The molecule has 0 heterocycles. The van der Waals surface area contributed by atoms with Crippen LogP contribution in [0.2, 0.25) is 0 Å². The topological polar surface area (TPSA) is 24.1 Å². The van der Waals surface area contributed by atoms with Gasteiger partial charge in [-0.15, -0.1) is 0 Å². The number of hydrogen-bond donors (Lipinski definition) is 2. The average molecular weight is 347 g/mol. The van der Waals surface area contributed by atoms with Gasteiger partial charge in [0.15, 0.2) is 6.30 Å². The Kier molecular flexibility index (Phi) is 8.47. The van der Waals surface area contributed by atoms with Crippen LogP contribution in [0.4, 0.5) is 4.39 Å². The molecule has 0 saturated heterocycles. The summed E-state index contributed by atoms with van der Waals surface area (Å²) in [6.45, 7) is 10.0. The number of hydrogen-bond acceptors (Lipinski definition) is 2. The number of alkyl halides is 1. The Labute approximate surface area is 153 Å². The first-order chi connectivity index (χ1) is 12.1. The highest BCUT2D eigenvalue weighted by molar-refractivity contribution is 5.13. The zero-order valence-electron chi connectivity index (χ0n) is 15.7. The van der Waals surface area contributed by atoms with Crippen LogP contribution in [-0.4, -0.2) is 18.4 Å². The lowest BCUT2D eigenvalue weighted by atomic mass is 9.84. The van der Waals surface area contributed by atoms with Crippen molar-refractivity contribution < 1.29 is 4.39 Å². The van der Waals surface area contributed by atoms with Gasteiger partial charge >= 0.3 is 0 Å². The molecule has 0 aromatic carbocycles. The van der Waals surface area contributed by atoms with Crippen LogP contribution in [0.3, 0.4) is 0 Å². The van der Waals surface area contributed by atoms with E-state index in [9.17, 15) is 4.39 Å². The van der Waals surface area contributed by atoms with Crippen LogP contribution in [0.1, 0.15) is 58.3 Å². The molecular weight excluding hydrogens is 311 g/mol. The van der Waals surface area contributed by atoms with Crippen molar-refractivity contribution >= 4 is 0 Å². The van der Waals surface area contributed by atoms with Crippen molar-refractivity contribution in [1.82, 2.24) is 10.6 Å². The van der Waals surface area contributed by atoms with E-state index in [2.05, 4.69) is 35.9 Å². The van der Waals surface area contributed by atoms with Crippen molar-refractivity contribution in [2.75, 3.05) is 0 Å². The number of rotatable bonds is 10. The van der Waals surface area contributed by atoms with Gasteiger partial charge in [0.05, 0.1) is 0 Å². The van der Waals surface area contributed by atoms with Crippen LogP contribution in [-0.2, 0) is 0 Å². The lowest BCUT2D eigenvalue weighted by Gasteiger charge is -2.29. The summed E-state index contributed by atoms with van der Waals surface area (Å²) in [6.07, 6.45) is 18.1.